The first-order chi connectivity index (χ1) is 5.00. The molecule has 56 valence electrons. The Balaban J connectivity index is 0.000000167. The van der Waals surface area contributed by atoms with Crippen molar-refractivity contribution in [1.82, 2.24) is 0 Å². The van der Waals surface area contributed by atoms with Crippen molar-refractivity contribution >= 4 is 0 Å². The van der Waals surface area contributed by atoms with Crippen molar-refractivity contribution in [2.45, 2.75) is 0 Å². The average Bonchev–Trinajstić information content (AvgIpc) is 2.67. The van der Waals surface area contributed by atoms with E-state index in [0.717, 1.165) is 0 Å². The second-order valence-corrected chi connectivity index (χ2v) is 1.92. The summed E-state index contributed by atoms with van der Waals surface area (Å²) in [4.78, 5) is 0. The van der Waals surface area contributed by atoms with E-state index in [4.69, 9.17) is 0 Å². The van der Waals surface area contributed by atoms with Crippen LogP contribution in [0.1, 0.15) is 0 Å². The van der Waals surface area contributed by atoms with Gasteiger partial charge in [0.15, 0.2) is 0 Å². The summed E-state index contributed by atoms with van der Waals surface area (Å²) in [5.41, 5.74) is 0. The van der Waals surface area contributed by atoms with Gasteiger partial charge in [0, 0.05) is 0 Å². The standard InChI is InChI=1S/2C5H5.Os/c2*1-2-4-5-3-1;/h2*1-5H;/q;;+2. The molecule has 2 rings (SSSR count). The maximum Gasteiger partial charge on any atom is 2.00 e. The van der Waals surface area contributed by atoms with Crippen LogP contribution in [-0.2, 0) is 19.8 Å². The normalized spacial score (nSPS) is 21.8. The van der Waals surface area contributed by atoms with E-state index in [0.29, 0.717) is 0 Å². The van der Waals surface area contributed by atoms with Gasteiger partial charge in [-0.05, 0) is 64.2 Å². The Kier molecular flexibility index (Phi) is 9.24. The number of hydrogen-bond acceptors (Lipinski definition) is 0. The minimum absolute atomic E-state index is 0. The van der Waals surface area contributed by atoms with Crippen LogP contribution in [0, 0.1) is 64.2 Å². The zero-order chi connectivity index (χ0) is 7.07. The van der Waals surface area contributed by atoms with Gasteiger partial charge in [-0.3, -0.25) is 0 Å². The topological polar surface area (TPSA) is 0 Å². The Labute approximate surface area is 84.2 Å². The fraction of sp³-hybridized carbons (Fsp3) is 0. The van der Waals surface area contributed by atoms with Gasteiger partial charge in [-0.15, -0.1) is 0 Å². The van der Waals surface area contributed by atoms with Crippen LogP contribution in [0.4, 0.5) is 0 Å². The third-order valence-corrected chi connectivity index (χ3v) is 1.11. The first-order valence-electron chi connectivity index (χ1n) is 3.33. The van der Waals surface area contributed by atoms with Crippen LogP contribution >= 0.6 is 0 Å². The van der Waals surface area contributed by atoms with Gasteiger partial charge in [0.25, 0.3) is 0 Å². The molecule has 0 nitrogen and oxygen atoms in total. The largest absolute Gasteiger partial charge is 2.00 e. The summed E-state index contributed by atoms with van der Waals surface area (Å²) < 4.78 is 0. The summed E-state index contributed by atoms with van der Waals surface area (Å²) in [6, 6.07) is 0. The van der Waals surface area contributed by atoms with Crippen LogP contribution in [0.25, 0.3) is 0 Å². The Bertz CT molecular complexity index is 38.1. The number of rotatable bonds is 0. The van der Waals surface area contributed by atoms with Crippen LogP contribution < -0.4 is 0 Å². The smallest absolute Gasteiger partial charge is 0.0312 e. The zero-order valence-corrected chi connectivity index (χ0v) is 8.67. The molecule has 0 bridgehead atoms. The van der Waals surface area contributed by atoms with Crippen molar-refractivity contribution in [3.63, 3.8) is 0 Å². The molecule has 0 N–H and O–H groups in total. The van der Waals surface area contributed by atoms with E-state index in [1.54, 1.807) is 0 Å². The molecular formula is C10H10Os+2. The van der Waals surface area contributed by atoms with E-state index in [-0.39, 0.29) is 19.8 Å². The fourth-order valence-electron chi connectivity index (χ4n) is 0.642. The van der Waals surface area contributed by atoms with E-state index < -0.39 is 0 Å². The molecule has 2 saturated carbocycles. The molecule has 1 heteroatoms. The van der Waals surface area contributed by atoms with Gasteiger partial charge < -0.3 is 0 Å². The van der Waals surface area contributed by atoms with E-state index in [9.17, 15) is 0 Å². The molecule has 0 aromatic rings. The summed E-state index contributed by atoms with van der Waals surface area (Å²) >= 11 is 0. The Morgan fingerprint density at radius 2 is 0.364 bits per heavy atom. The molecule has 2 aliphatic carbocycles. The van der Waals surface area contributed by atoms with Gasteiger partial charge in [-0.1, -0.05) is 0 Å². The minimum Gasteiger partial charge on any atom is -0.0312 e. The van der Waals surface area contributed by atoms with Crippen LogP contribution in [-0.4, -0.2) is 0 Å². The van der Waals surface area contributed by atoms with Crippen molar-refractivity contribution in [3.05, 3.63) is 64.2 Å². The molecule has 11 heavy (non-hydrogen) atoms. The predicted octanol–water partition coefficient (Wildman–Crippen LogP) is 2.04. The van der Waals surface area contributed by atoms with E-state index >= 15 is 0 Å². The molecular weight excluding hydrogens is 310 g/mol. The van der Waals surface area contributed by atoms with Gasteiger partial charge >= 0.3 is 19.8 Å². The molecule has 2 aliphatic rings. The minimum atomic E-state index is 0. The van der Waals surface area contributed by atoms with Crippen LogP contribution in [0.5, 0.6) is 0 Å². The van der Waals surface area contributed by atoms with Crippen LogP contribution in [0.15, 0.2) is 0 Å². The summed E-state index contributed by atoms with van der Waals surface area (Å²) in [5, 5.41) is 0. The maximum absolute atomic E-state index is 2.00. The fourth-order valence-corrected chi connectivity index (χ4v) is 0.642. The molecule has 0 aromatic heterocycles. The van der Waals surface area contributed by atoms with Gasteiger partial charge in [-0.25, -0.2) is 0 Å². The van der Waals surface area contributed by atoms with Crippen molar-refractivity contribution in [2.75, 3.05) is 0 Å². The van der Waals surface area contributed by atoms with Gasteiger partial charge in [0.1, 0.15) is 0 Å². The first-order valence-corrected chi connectivity index (χ1v) is 3.33. The molecule has 0 aliphatic heterocycles. The van der Waals surface area contributed by atoms with E-state index in [1.807, 2.05) is 64.2 Å². The van der Waals surface area contributed by atoms with Crippen molar-refractivity contribution in [2.24, 2.45) is 0 Å². The molecule has 0 heterocycles. The first kappa shape index (κ1) is 11.6. The molecule has 10 radical (unpaired) electrons. The molecule has 0 amide bonds. The third kappa shape index (κ3) is 7.01. The Hall–Kier alpha value is 0.636. The van der Waals surface area contributed by atoms with Gasteiger partial charge in [0.05, 0.1) is 0 Å². The van der Waals surface area contributed by atoms with Gasteiger partial charge in [0.2, 0.25) is 0 Å². The summed E-state index contributed by atoms with van der Waals surface area (Å²) in [6.07, 6.45) is 20.0. The summed E-state index contributed by atoms with van der Waals surface area (Å²) in [6.45, 7) is 0. The van der Waals surface area contributed by atoms with E-state index in [1.165, 1.54) is 0 Å². The molecule has 0 atom stereocenters. The number of hydrogen-bond donors (Lipinski definition) is 0. The van der Waals surface area contributed by atoms with Crippen molar-refractivity contribution in [1.29, 1.82) is 0 Å². The van der Waals surface area contributed by atoms with Gasteiger partial charge in [-0.2, -0.15) is 0 Å². The molecule has 0 spiro atoms. The Morgan fingerprint density at radius 1 is 0.273 bits per heavy atom. The molecule has 0 saturated heterocycles. The Morgan fingerprint density at radius 3 is 0.455 bits per heavy atom. The SMILES string of the molecule is [CH]1[CH][CH][CH][CH]1.[CH]1[CH][CH][CH][CH]1.[Os+2]. The van der Waals surface area contributed by atoms with E-state index in [2.05, 4.69) is 0 Å². The van der Waals surface area contributed by atoms with Crippen molar-refractivity contribution < 1.29 is 19.8 Å². The average molecular weight is 320 g/mol. The molecule has 2 fully saturated rings. The summed E-state index contributed by atoms with van der Waals surface area (Å²) in [7, 11) is 0. The second kappa shape index (κ2) is 8.73. The monoisotopic (exact) mass is 322 g/mol. The summed E-state index contributed by atoms with van der Waals surface area (Å²) in [5.74, 6) is 0. The maximum atomic E-state index is 2.00. The van der Waals surface area contributed by atoms with Crippen LogP contribution in [0.3, 0.4) is 0 Å². The third-order valence-electron chi connectivity index (χ3n) is 1.11. The van der Waals surface area contributed by atoms with Crippen LogP contribution in [0.2, 0.25) is 0 Å². The molecule has 0 unspecified atom stereocenters. The predicted molar refractivity (Wildman–Crippen MR) is 43.0 cm³/mol. The van der Waals surface area contributed by atoms with Crippen molar-refractivity contribution in [3.8, 4) is 0 Å². The molecule has 0 aromatic carbocycles. The second-order valence-electron chi connectivity index (χ2n) is 1.92. The zero-order valence-electron chi connectivity index (χ0n) is 6.13. The quantitative estimate of drug-likeness (QED) is 0.641.